The van der Waals surface area contributed by atoms with E-state index in [0.29, 0.717) is 15.8 Å². The largest absolute Gasteiger partial charge is 0.318 e. The molecule has 0 aromatic heterocycles. The number of rotatable bonds is 3. The van der Waals surface area contributed by atoms with Crippen LogP contribution in [0.25, 0.3) is 10.8 Å². The third kappa shape index (κ3) is 2.48. The summed E-state index contributed by atoms with van der Waals surface area (Å²) < 4.78 is 29.7. The van der Waals surface area contributed by atoms with E-state index in [1.165, 1.54) is 42.5 Å². The number of hydrogen-bond acceptors (Lipinski definition) is 5. The van der Waals surface area contributed by atoms with E-state index < -0.39 is 21.9 Å². The van der Waals surface area contributed by atoms with Crippen LogP contribution in [0, 0.1) is 0 Å². The maximum Gasteiger partial charge on any atom is 0.318 e. The Morgan fingerprint density at radius 3 is 2.15 bits per heavy atom. The van der Waals surface area contributed by atoms with Crippen molar-refractivity contribution in [3.63, 3.8) is 0 Å². The molecule has 3 aromatic rings. The highest BCUT2D eigenvalue weighted by Crippen LogP contribution is 2.34. The summed E-state index contributed by atoms with van der Waals surface area (Å²) in [5.41, 5.74) is 0.283. The molecule has 6 nitrogen and oxygen atoms in total. The van der Waals surface area contributed by atoms with E-state index >= 15 is 0 Å². The summed E-state index contributed by atoms with van der Waals surface area (Å²) in [7, 11) is -4.35. The van der Waals surface area contributed by atoms with Gasteiger partial charge in [-0.1, -0.05) is 41.9 Å². The van der Waals surface area contributed by atoms with E-state index in [-0.39, 0.29) is 21.1 Å². The number of carbonyl (C=O) groups excluding carboxylic acids is 2. The number of hydrogen-bond donors (Lipinski definition) is 0. The summed E-state index contributed by atoms with van der Waals surface area (Å²) in [4.78, 5) is 25.2. The minimum atomic E-state index is -4.35. The fourth-order valence-corrected chi connectivity index (χ4v) is 3.96. The lowest BCUT2D eigenvalue weighted by atomic mass is 9.95. The van der Waals surface area contributed by atoms with Crippen LogP contribution in [0.2, 0.25) is 5.02 Å². The van der Waals surface area contributed by atoms with E-state index in [0.717, 1.165) is 0 Å². The lowest BCUT2D eigenvalue weighted by Gasteiger charge is -2.25. The van der Waals surface area contributed by atoms with Gasteiger partial charge in [0, 0.05) is 15.8 Å². The second-order valence-corrected chi connectivity index (χ2v) is 7.51. The molecule has 0 N–H and O–H groups in total. The van der Waals surface area contributed by atoms with Gasteiger partial charge in [-0.15, -0.1) is 9.35 Å². The first-order chi connectivity index (χ1) is 12.4. The van der Waals surface area contributed by atoms with Crippen molar-refractivity contribution in [1.29, 1.82) is 0 Å². The van der Waals surface area contributed by atoms with Crippen LogP contribution in [0.3, 0.4) is 0 Å². The first kappa shape index (κ1) is 16.7. The Balaban J connectivity index is 1.83. The first-order valence-corrected chi connectivity index (χ1v) is 9.28. The van der Waals surface area contributed by atoms with Crippen molar-refractivity contribution < 1.29 is 22.3 Å². The average molecular weight is 388 g/mol. The van der Waals surface area contributed by atoms with Gasteiger partial charge in [-0.2, -0.15) is 8.42 Å². The molecule has 0 spiro atoms. The van der Waals surface area contributed by atoms with Crippen molar-refractivity contribution >= 4 is 44.3 Å². The molecule has 0 aliphatic carbocycles. The summed E-state index contributed by atoms with van der Waals surface area (Å²) in [6.07, 6.45) is 0. The molecule has 1 aliphatic rings. The Hall–Kier alpha value is -2.74. The summed E-state index contributed by atoms with van der Waals surface area (Å²) in [5, 5.41) is 1.58. The average Bonchev–Trinajstić information content (AvgIpc) is 2.65. The first-order valence-electron chi connectivity index (χ1n) is 7.50. The van der Waals surface area contributed by atoms with Crippen LogP contribution in [-0.2, 0) is 14.4 Å². The Morgan fingerprint density at radius 1 is 0.808 bits per heavy atom. The standard InChI is InChI=1S/C18H10ClNO5S/c19-15-10-9-14-16-12(15)7-4-8-13(16)17(21)20(18(14)22)25-26(23,24)11-5-2-1-3-6-11/h1-10H. The van der Waals surface area contributed by atoms with Crippen molar-refractivity contribution in [2.75, 3.05) is 0 Å². The Bertz CT molecular complexity index is 1150. The molecule has 8 heteroatoms. The highest BCUT2D eigenvalue weighted by molar-refractivity contribution is 7.86. The molecule has 3 aromatic carbocycles. The molecule has 0 unspecified atom stereocenters. The van der Waals surface area contributed by atoms with Crippen LogP contribution >= 0.6 is 11.6 Å². The van der Waals surface area contributed by atoms with Gasteiger partial charge < -0.3 is 0 Å². The quantitative estimate of drug-likeness (QED) is 0.643. The van der Waals surface area contributed by atoms with Crippen LogP contribution in [0.5, 0.6) is 0 Å². The number of imide groups is 1. The maximum absolute atomic E-state index is 12.7. The normalized spacial score (nSPS) is 14.1. The lowest BCUT2D eigenvalue weighted by Crippen LogP contribution is -2.41. The van der Waals surface area contributed by atoms with Crippen LogP contribution < -0.4 is 0 Å². The molecule has 130 valence electrons. The third-order valence-electron chi connectivity index (χ3n) is 4.02. The van der Waals surface area contributed by atoms with E-state index in [9.17, 15) is 18.0 Å². The molecule has 2 amide bonds. The van der Waals surface area contributed by atoms with Crippen molar-refractivity contribution in [3.8, 4) is 0 Å². The second kappa shape index (κ2) is 5.91. The number of carbonyl (C=O) groups is 2. The molecule has 1 aliphatic heterocycles. The van der Waals surface area contributed by atoms with Gasteiger partial charge in [-0.3, -0.25) is 9.59 Å². The summed E-state index contributed by atoms with van der Waals surface area (Å²) in [6, 6.07) is 15.0. The fraction of sp³-hybridized carbons (Fsp3) is 0. The zero-order valence-corrected chi connectivity index (χ0v) is 14.6. The van der Waals surface area contributed by atoms with E-state index in [4.69, 9.17) is 15.9 Å². The molecule has 0 saturated heterocycles. The van der Waals surface area contributed by atoms with Gasteiger partial charge in [-0.05, 0) is 30.3 Å². The highest BCUT2D eigenvalue weighted by Gasteiger charge is 2.37. The van der Waals surface area contributed by atoms with Gasteiger partial charge in [-0.25, -0.2) is 0 Å². The lowest BCUT2D eigenvalue weighted by molar-refractivity contribution is -0.0155. The molecule has 1 heterocycles. The predicted molar refractivity (Wildman–Crippen MR) is 94.2 cm³/mol. The Morgan fingerprint density at radius 2 is 1.46 bits per heavy atom. The summed E-state index contributed by atoms with van der Waals surface area (Å²) in [5.74, 6) is -1.73. The SMILES string of the molecule is O=C1c2cccc3c(Cl)ccc(c23)C(=O)N1OS(=O)(=O)c1ccccc1. The van der Waals surface area contributed by atoms with Gasteiger partial charge in [0.2, 0.25) is 0 Å². The molecule has 0 atom stereocenters. The zero-order valence-electron chi connectivity index (χ0n) is 13.0. The monoisotopic (exact) mass is 387 g/mol. The number of nitrogens with zero attached hydrogens (tertiary/aromatic N) is 1. The number of benzene rings is 3. The van der Waals surface area contributed by atoms with E-state index in [2.05, 4.69) is 0 Å². The predicted octanol–water partition coefficient (Wildman–Crippen LogP) is 3.41. The number of hydroxylamine groups is 2. The van der Waals surface area contributed by atoms with Crippen molar-refractivity contribution in [1.82, 2.24) is 5.06 Å². The second-order valence-electron chi connectivity index (χ2n) is 5.57. The van der Waals surface area contributed by atoms with Crippen molar-refractivity contribution in [3.05, 3.63) is 76.8 Å². The minimum Gasteiger partial charge on any atom is -0.266 e. The molecule has 26 heavy (non-hydrogen) atoms. The molecular formula is C18H10ClNO5S. The molecule has 0 saturated carbocycles. The van der Waals surface area contributed by atoms with E-state index in [1.54, 1.807) is 18.2 Å². The summed E-state index contributed by atoms with van der Waals surface area (Å²) >= 11 is 6.14. The van der Waals surface area contributed by atoms with Crippen LogP contribution in [0.15, 0.2) is 65.6 Å². The van der Waals surface area contributed by atoms with Gasteiger partial charge >= 0.3 is 10.1 Å². The van der Waals surface area contributed by atoms with E-state index in [1.807, 2.05) is 0 Å². The van der Waals surface area contributed by atoms with Crippen LogP contribution in [0.1, 0.15) is 20.7 Å². The molecule has 4 rings (SSSR count). The third-order valence-corrected chi connectivity index (χ3v) is 5.55. The molecular weight excluding hydrogens is 378 g/mol. The molecule has 0 bridgehead atoms. The van der Waals surface area contributed by atoms with Gasteiger partial charge in [0.15, 0.2) is 0 Å². The van der Waals surface area contributed by atoms with Crippen molar-refractivity contribution in [2.45, 2.75) is 4.90 Å². The maximum atomic E-state index is 12.7. The molecule has 0 fully saturated rings. The van der Waals surface area contributed by atoms with Gasteiger partial charge in [0.05, 0.1) is 16.0 Å². The zero-order chi connectivity index (χ0) is 18.5. The summed E-state index contributed by atoms with van der Waals surface area (Å²) in [6.45, 7) is 0. The van der Waals surface area contributed by atoms with Gasteiger partial charge in [0.1, 0.15) is 0 Å². The number of halogens is 1. The molecule has 0 radical (unpaired) electrons. The number of amides is 2. The Labute approximate surface area is 153 Å². The van der Waals surface area contributed by atoms with Crippen LogP contribution in [-0.4, -0.2) is 25.3 Å². The smallest absolute Gasteiger partial charge is 0.266 e. The van der Waals surface area contributed by atoms with Gasteiger partial charge in [0.25, 0.3) is 11.8 Å². The Kier molecular flexibility index (Phi) is 3.80. The highest BCUT2D eigenvalue weighted by atomic mass is 35.5. The van der Waals surface area contributed by atoms with Crippen molar-refractivity contribution in [2.24, 2.45) is 0 Å². The van der Waals surface area contributed by atoms with Crippen LogP contribution in [0.4, 0.5) is 0 Å². The topological polar surface area (TPSA) is 80.8 Å². The minimum absolute atomic E-state index is 0.142. The fourth-order valence-electron chi connectivity index (χ4n) is 2.83.